The van der Waals surface area contributed by atoms with Crippen molar-refractivity contribution in [3.63, 3.8) is 0 Å². The Morgan fingerprint density at radius 2 is 2.13 bits per heavy atom. The molecule has 0 aliphatic carbocycles. The third-order valence-corrected chi connectivity index (χ3v) is 4.15. The number of amides is 1. The van der Waals surface area contributed by atoms with Crippen molar-refractivity contribution in [3.05, 3.63) is 65.3 Å². The fourth-order valence-corrected chi connectivity index (χ4v) is 2.94. The number of nitrogens with zero attached hydrogens (tertiary/aromatic N) is 3. The molecule has 1 N–H and O–H groups in total. The largest absolute Gasteiger partial charge is 0.508 e. The van der Waals surface area contributed by atoms with Crippen molar-refractivity contribution in [1.82, 2.24) is 14.9 Å². The van der Waals surface area contributed by atoms with Crippen LogP contribution in [0, 0.1) is 0 Å². The van der Waals surface area contributed by atoms with E-state index >= 15 is 0 Å². The van der Waals surface area contributed by atoms with Crippen molar-refractivity contribution in [2.45, 2.75) is 6.54 Å². The summed E-state index contributed by atoms with van der Waals surface area (Å²) in [5.41, 5.74) is 2.02. The second-order valence-electron chi connectivity index (χ2n) is 5.08. The number of phenolic OH excluding ortho intramolecular Hbond substituents is 1. The Balaban J connectivity index is 1.74. The van der Waals surface area contributed by atoms with Crippen LogP contribution in [-0.4, -0.2) is 32.9 Å². The van der Waals surface area contributed by atoms with Crippen LogP contribution in [0.2, 0.25) is 0 Å². The fourth-order valence-electron chi connectivity index (χ4n) is 2.17. The Labute approximate surface area is 137 Å². The number of carbonyl (C=O) groups excluding carboxylic acids is 1. The van der Waals surface area contributed by atoms with E-state index in [-0.39, 0.29) is 11.7 Å². The highest BCUT2D eigenvalue weighted by molar-refractivity contribution is 7.13. The lowest BCUT2D eigenvalue weighted by Gasteiger charge is -2.16. The fraction of sp³-hybridized carbons (Fsp3) is 0.118. The molecule has 23 heavy (non-hydrogen) atoms. The number of phenols is 1. The van der Waals surface area contributed by atoms with Gasteiger partial charge in [0.25, 0.3) is 5.91 Å². The van der Waals surface area contributed by atoms with Crippen molar-refractivity contribution < 1.29 is 9.90 Å². The summed E-state index contributed by atoms with van der Waals surface area (Å²) < 4.78 is 0. The Kier molecular flexibility index (Phi) is 4.34. The first-order chi connectivity index (χ1) is 11.1. The Bertz CT molecular complexity index is 817. The molecule has 2 aromatic heterocycles. The van der Waals surface area contributed by atoms with Gasteiger partial charge in [-0.3, -0.25) is 9.78 Å². The van der Waals surface area contributed by atoms with Crippen LogP contribution in [0.25, 0.3) is 10.7 Å². The summed E-state index contributed by atoms with van der Waals surface area (Å²) in [6, 6.07) is 12.5. The molecule has 5 nitrogen and oxygen atoms in total. The van der Waals surface area contributed by atoms with Gasteiger partial charge in [-0.25, -0.2) is 4.98 Å². The predicted octanol–water partition coefficient (Wildman–Crippen LogP) is 3.18. The van der Waals surface area contributed by atoms with Gasteiger partial charge >= 0.3 is 0 Å². The van der Waals surface area contributed by atoms with Crippen LogP contribution in [0.3, 0.4) is 0 Å². The summed E-state index contributed by atoms with van der Waals surface area (Å²) in [6.45, 7) is 0.406. The molecule has 0 fully saturated rings. The summed E-state index contributed by atoms with van der Waals surface area (Å²) in [5, 5.41) is 12.0. The van der Waals surface area contributed by atoms with E-state index in [2.05, 4.69) is 9.97 Å². The van der Waals surface area contributed by atoms with Crippen molar-refractivity contribution in [2.75, 3.05) is 7.05 Å². The Morgan fingerprint density at radius 3 is 2.87 bits per heavy atom. The van der Waals surface area contributed by atoms with E-state index < -0.39 is 0 Å². The minimum Gasteiger partial charge on any atom is -0.508 e. The first-order valence-electron chi connectivity index (χ1n) is 7.04. The Hall–Kier alpha value is -2.73. The minimum atomic E-state index is -0.160. The topological polar surface area (TPSA) is 66.3 Å². The van der Waals surface area contributed by atoms with Gasteiger partial charge in [-0.2, -0.15) is 0 Å². The summed E-state index contributed by atoms with van der Waals surface area (Å²) in [4.78, 5) is 22.7. The number of benzene rings is 1. The maximum atomic E-state index is 12.5. The third-order valence-electron chi connectivity index (χ3n) is 3.28. The molecular weight excluding hydrogens is 310 g/mol. The lowest BCUT2D eigenvalue weighted by atomic mass is 10.2. The molecule has 116 valence electrons. The van der Waals surface area contributed by atoms with Crippen LogP contribution in [0.1, 0.15) is 16.1 Å². The number of hydrogen-bond donors (Lipinski definition) is 1. The third kappa shape index (κ3) is 3.54. The SMILES string of the molecule is CN(Cc1cccc(O)c1)C(=O)c1csc(-c2ccccn2)n1. The maximum absolute atomic E-state index is 12.5. The van der Waals surface area contributed by atoms with E-state index in [0.29, 0.717) is 12.2 Å². The summed E-state index contributed by atoms with van der Waals surface area (Å²) in [6.07, 6.45) is 1.70. The first-order valence-corrected chi connectivity index (χ1v) is 7.92. The first kappa shape index (κ1) is 15.2. The number of aromatic hydroxyl groups is 1. The maximum Gasteiger partial charge on any atom is 0.273 e. The smallest absolute Gasteiger partial charge is 0.273 e. The lowest BCUT2D eigenvalue weighted by Crippen LogP contribution is -2.26. The number of hydrogen-bond acceptors (Lipinski definition) is 5. The van der Waals surface area contributed by atoms with E-state index in [0.717, 1.165) is 16.3 Å². The molecule has 0 spiro atoms. The molecule has 1 amide bonds. The van der Waals surface area contributed by atoms with E-state index in [1.54, 1.807) is 41.7 Å². The van der Waals surface area contributed by atoms with Crippen LogP contribution < -0.4 is 0 Å². The second-order valence-corrected chi connectivity index (χ2v) is 5.94. The molecule has 0 saturated carbocycles. The molecule has 0 radical (unpaired) electrons. The average Bonchev–Trinajstić information content (AvgIpc) is 3.05. The standard InChI is InChI=1S/C17H15N3O2S/c1-20(10-12-5-4-6-13(21)9-12)17(22)15-11-23-16(19-15)14-7-2-3-8-18-14/h2-9,11,21H,10H2,1H3. The quantitative estimate of drug-likeness (QED) is 0.800. The highest BCUT2D eigenvalue weighted by atomic mass is 32.1. The normalized spacial score (nSPS) is 10.5. The molecule has 0 unspecified atom stereocenters. The van der Waals surface area contributed by atoms with E-state index in [4.69, 9.17) is 0 Å². The molecule has 6 heteroatoms. The van der Waals surface area contributed by atoms with Crippen molar-refractivity contribution in [2.24, 2.45) is 0 Å². The van der Waals surface area contributed by atoms with Crippen molar-refractivity contribution in [1.29, 1.82) is 0 Å². The zero-order valence-electron chi connectivity index (χ0n) is 12.5. The zero-order chi connectivity index (χ0) is 16.2. The highest BCUT2D eigenvalue weighted by Crippen LogP contribution is 2.22. The van der Waals surface area contributed by atoms with Gasteiger partial charge in [0.1, 0.15) is 16.5 Å². The molecule has 0 bridgehead atoms. The van der Waals surface area contributed by atoms with Crippen molar-refractivity contribution >= 4 is 17.2 Å². The van der Waals surface area contributed by atoms with Gasteiger partial charge in [-0.1, -0.05) is 18.2 Å². The van der Waals surface area contributed by atoms with Crippen LogP contribution >= 0.6 is 11.3 Å². The average molecular weight is 325 g/mol. The number of thiazole rings is 1. The van der Waals surface area contributed by atoms with Gasteiger partial charge in [0.05, 0.1) is 5.69 Å². The van der Waals surface area contributed by atoms with Gasteiger partial charge < -0.3 is 10.0 Å². The molecule has 0 aliphatic heterocycles. The molecule has 2 heterocycles. The van der Waals surface area contributed by atoms with Crippen LogP contribution in [-0.2, 0) is 6.54 Å². The summed E-state index contributed by atoms with van der Waals surface area (Å²) in [5.74, 6) is 0.0289. The molecule has 1 aromatic carbocycles. The Morgan fingerprint density at radius 1 is 1.26 bits per heavy atom. The number of carbonyl (C=O) groups is 1. The van der Waals surface area contributed by atoms with Crippen LogP contribution in [0.5, 0.6) is 5.75 Å². The minimum absolute atomic E-state index is 0.160. The van der Waals surface area contributed by atoms with Gasteiger partial charge in [0.15, 0.2) is 0 Å². The summed E-state index contributed by atoms with van der Waals surface area (Å²) in [7, 11) is 1.71. The van der Waals surface area contributed by atoms with Crippen LogP contribution in [0.4, 0.5) is 0 Å². The summed E-state index contributed by atoms with van der Waals surface area (Å²) >= 11 is 1.40. The zero-order valence-corrected chi connectivity index (χ0v) is 13.3. The number of pyridine rings is 1. The monoisotopic (exact) mass is 325 g/mol. The van der Waals surface area contributed by atoms with E-state index in [9.17, 15) is 9.90 Å². The van der Waals surface area contributed by atoms with Gasteiger partial charge in [-0.05, 0) is 29.8 Å². The van der Waals surface area contributed by atoms with E-state index in [1.165, 1.54) is 11.3 Å². The van der Waals surface area contributed by atoms with E-state index in [1.807, 2.05) is 24.3 Å². The second kappa shape index (κ2) is 6.58. The van der Waals surface area contributed by atoms with Gasteiger partial charge in [0.2, 0.25) is 0 Å². The number of rotatable bonds is 4. The van der Waals surface area contributed by atoms with Gasteiger partial charge in [0, 0.05) is 25.2 Å². The molecule has 3 aromatic rings. The van der Waals surface area contributed by atoms with Crippen molar-refractivity contribution in [3.8, 4) is 16.5 Å². The van der Waals surface area contributed by atoms with Crippen LogP contribution in [0.15, 0.2) is 54.0 Å². The lowest BCUT2D eigenvalue weighted by molar-refractivity contribution is 0.0780. The number of aromatic nitrogens is 2. The molecule has 3 rings (SSSR count). The predicted molar refractivity (Wildman–Crippen MR) is 89.2 cm³/mol. The molecule has 0 aliphatic rings. The van der Waals surface area contributed by atoms with Gasteiger partial charge in [-0.15, -0.1) is 11.3 Å². The highest BCUT2D eigenvalue weighted by Gasteiger charge is 2.16. The molecule has 0 atom stereocenters. The molecular formula is C17H15N3O2S. The molecule has 0 saturated heterocycles.